The first-order chi connectivity index (χ1) is 39.3. The first kappa shape index (κ1) is 42.7. The maximum absolute atomic E-state index is 2.73. The van der Waals surface area contributed by atoms with Gasteiger partial charge in [-0.2, -0.15) is 0 Å². The lowest BCUT2D eigenvalue weighted by atomic mass is 9.43. The molecule has 0 bridgehead atoms. The Balaban J connectivity index is 0.753. The lowest BCUT2D eigenvalue weighted by Gasteiger charge is -2.61. The molecule has 17 fully saturated rings. The van der Waals surface area contributed by atoms with Gasteiger partial charge >= 0.3 is 0 Å². The van der Waals surface area contributed by atoms with E-state index in [0.717, 1.165) is 178 Å². The van der Waals surface area contributed by atoms with Crippen LogP contribution < -0.4 is 9.80 Å². The summed E-state index contributed by atoms with van der Waals surface area (Å²) in [5, 5.41) is 0. The Hall–Kier alpha value is -5.08. The van der Waals surface area contributed by atoms with Crippen molar-refractivity contribution in [3.8, 4) is 0 Å². The first-order valence-corrected chi connectivity index (χ1v) is 33.3. The first-order valence-electron chi connectivity index (χ1n) is 33.3. The Morgan fingerprint density at radius 2 is 0.405 bits per heavy atom. The van der Waals surface area contributed by atoms with Crippen LogP contribution in [0.3, 0.4) is 0 Å². The van der Waals surface area contributed by atoms with Crippen molar-refractivity contribution in [1.29, 1.82) is 0 Å². The Morgan fingerprint density at radius 3 is 0.684 bits per heavy atom. The molecule has 6 aromatic rings. The van der Waals surface area contributed by atoms with Gasteiger partial charge in [0.1, 0.15) is 0 Å². The van der Waals surface area contributed by atoms with Crippen molar-refractivity contribution in [1.82, 2.24) is 0 Å². The molecule has 0 spiro atoms. The lowest BCUT2D eigenvalue weighted by Crippen LogP contribution is -2.58. The van der Waals surface area contributed by atoms with Gasteiger partial charge in [0.15, 0.2) is 0 Å². The van der Waals surface area contributed by atoms with Gasteiger partial charge in [-0.3, -0.25) is 0 Å². The van der Waals surface area contributed by atoms with Gasteiger partial charge in [0, 0.05) is 39.5 Å². The van der Waals surface area contributed by atoms with E-state index >= 15 is 0 Å². The molecule has 2 nitrogen and oxygen atoms in total. The van der Waals surface area contributed by atoms with Crippen LogP contribution in [0.1, 0.15) is 62.5 Å². The smallest absolute Gasteiger partial charge is 0.0461 e. The zero-order valence-electron chi connectivity index (χ0n) is 45.7. The van der Waals surface area contributed by atoms with Crippen LogP contribution in [0.15, 0.2) is 170 Å². The number of hydrogen-bond donors (Lipinski definition) is 0. The molecule has 0 aromatic heterocycles. The number of anilines is 6. The molecule has 394 valence electrons. The maximum Gasteiger partial charge on any atom is 0.0461 e. The largest absolute Gasteiger partial charge is 0.311 e. The fraction of sp³-hybridized carbons (Fsp3) is 0.532. The Bertz CT molecular complexity index is 3210. The van der Waals surface area contributed by atoms with Crippen molar-refractivity contribution in [2.75, 3.05) is 9.80 Å². The number of hydrogen-bond acceptors (Lipinski definition) is 2. The second-order valence-corrected chi connectivity index (χ2v) is 31.3. The maximum atomic E-state index is 2.73. The number of benzene rings is 6. The predicted octanol–water partition coefficient (Wildman–Crippen LogP) is 17.0. The summed E-state index contributed by atoms with van der Waals surface area (Å²) in [4.78, 5) is 5.04. The monoisotopic (exact) mass is 1030 g/mol. The predicted molar refractivity (Wildman–Crippen MR) is 312 cm³/mol. The van der Waals surface area contributed by atoms with Crippen molar-refractivity contribution >= 4 is 34.1 Å². The topological polar surface area (TPSA) is 6.48 Å². The minimum absolute atomic E-state index is 0.0439. The molecule has 79 heavy (non-hydrogen) atoms. The molecule has 17 aliphatic carbocycles. The highest BCUT2D eigenvalue weighted by atomic mass is 15.1. The molecule has 0 amide bonds. The zero-order chi connectivity index (χ0) is 50.2. The summed E-state index contributed by atoms with van der Waals surface area (Å²) >= 11 is 0. The van der Waals surface area contributed by atoms with Crippen molar-refractivity contribution in [2.24, 2.45) is 189 Å². The second-order valence-electron chi connectivity index (χ2n) is 31.3. The fourth-order valence-electron chi connectivity index (χ4n) is 31.9. The Kier molecular flexibility index (Phi) is 7.68. The van der Waals surface area contributed by atoms with E-state index in [4.69, 9.17) is 0 Å². The molecule has 0 heterocycles. The van der Waals surface area contributed by atoms with E-state index in [1.54, 1.807) is 62.5 Å². The summed E-state index contributed by atoms with van der Waals surface area (Å²) in [6.45, 7) is 0. The van der Waals surface area contributed by atoms with Crippen LogP contribution in [0.4, 0.5) is 34.1 Å². The van der Waals surface area contributed by atoms with Crippen LogP contribution in [-0.2, 0) is 5.41 Å². The summed E-state index contributed by atoms with van der Waals surface area (Å²) in [5.74, 6) is 34.1. The van der Waals surface area contributed by atoms with Crippen LogP contribution in [0.2, 0.25) is 0 Å². The molecule has 0 N–H and O–H groups in total. The highest BCUT2D eigenvalue weighted by molar-refractivity contribution is 5.78. The van der Waals surface area contributed by atoms with Gasteiger partial charge in [0.2, 0.25) is 0 Å². The van der Waals surface area contributed by atoms with Crippen molar-refractivity contribution in [3.05, 3.63) is 181 Å². The van der Waals surface area contributed by atoms with Gasteiger partial charge in [-0.15, -0.1) is 0 Å². The van der Waals surface area contributed by atoms with E-state index in [1.165, 1.54) is 46.0 Å². The minimum atomic E-state index is 0.0439. The normalized spacial score (nSPS) is 52.5. The molecular weight excluding hydrogens is 953 g/mol. The van der Waals surface area contributed by atoms with E-state index in [2.05, 4.69) is 180 Å². The van der Waals surface area contributed by atoms with Crippen LogP contribution in [0.25, 0.3) is 0 Å². The molecule has 17 aliphatic rings. The van der Waals surface area contributed by atoms with Crippen molar-refractivity contribution in [2.45, 2.75) is 56.8 Å². The molecule has 0 radical (unpaired) electrons. The summed E-state index contributed by atoms with van der Waals surface area (Å²) in [5.41, 5.74) is 10.9. The van der Waals surface area contributed by atoms with Crippen molar-refractivity contribution in [3.63, 3.8) is 0 Å². The molecular formula is C77H76N2. The molecule has 23 rings (SSSR count). The molecule has 17 saturated carbocycles. The lowest BCUT2D eigenvalue weighted by molar-refractivity contribution is -0.148. The van der Waals surface area contributed by atoms with E-state index in [1.807, 2.05) is 0 Å². The average molecular weight is 1030 g/mol. The Labute approximate surface area is 468 Å². The Morgan fingerprint density at radius 1 is 0.203 bits per heavy atom. The van der Waals surface area contributed by atoms with E-state index < -0.39 is 0 Å². The second kappa shape index (κ2) is 14.2. The number of rotatable bonds is 8. The third kappa shape index (κ3) is 4.52. The molecule has 0 aliphatic heterocycles. The summed E-state index contributed by atoms with van der Waals surface area (Å²) < 4.78 is 0. The fourth-order valence-corrected chi connectivity index (χ4v) is 31.9. The molecule has 0 saturated heterocycles. The quantitative estimate of drug-likeness (QED) is 0.150. The van der Waals surface area contributed by atoms with E-state index in [0.29, 0.717) is 0 Å². The third-order valence-electron chi connectivity index (χ3n) is 31.3. The van der Waals surface area contributed by atoms with Crippen LogP contribution in [-0.4, -0.2) is 0 Å². The van der Waals surface area contributed by atoms with Crippen LogP contribution in [0, 0.1) is 189 Å². The molecule has 30 unspecified atom stereocenters. The van der Waals surface area contributed by atoms with Gasteiger partial charge in [-0.05, 0) is 325 Å². The van der Waals surface area contributed by atoms with Crippen LogP contribution >= 0.6 is 0 Å². The summed E-state index contributed by atoms with van der Waals surface area (Å²) in [6, 6.07) is 66.2. The molecule has 6 aromatic carbocycles. The van der Waals surface area contributed by atoms with Crippen molar-refractivity contribution < 1.29 is 0 Å². The summed E-state index contributed by atoms with van der Waals surface area (Å²) in [7, 11) is 0. The minimum Gasteiger partial charge on any atom is -0.311 e. The highest BCUT2D eigenvalue weighted by Gasteiger charge is 2.92. The number of fused-ring (bicyclic) bond motifs is 8. The average Bonchev–Trinajstić information content (AvgIpc) is 1.51. The molecule has 2 heteroatoms. The van der Waals surface area contributed by atoms with Gasteiger partial charge in [-0.25, -0.2) is 0 Å². The molecule has 30 atom stereocenters. The summed E-state index contributed by atoms with van der Waals surface area (Å²) in [6.07, 6.45) is 13.0. The third-order valence-corrected chi connectivity index (χ3v) is 31.3. The van der Waals surface area contributed by atoms with E-state index in [9.17, 15) is 0 Å². The number of nitrogens with zero attached hydrogens (tertiary/aromatic N) is 2. The number of para-hydroxylation sites is 4. The van der Waals surface area contributed by atoms with Crippen LogP contribution in [0.5, 0.6) is 0 Å². The van der Waals surface area contributed by atoms with Gasteiger partial charge < -0.3 is 9.80 Å². The van der Waals surface area contributed by atoms with Gasteiger partial charge in [0.05, 0.1) is 0 Å². The SMILES string of the molecule is c1ccc(N(c2ccccc2)c2ccc(C3(c4ccc(N(c5ccccc5)c5ccccc5)cc4)C4C5C6CCC7C8CCC9C%10CCC%11C%12CCC%13C%14C%12C%12C%11C%10C%10C9C8C8C7C6C6C7C8C%10C%12C7C%14C(C65)C%13C43)cc2)cc1. The zero-order valence-corrected chi connectivity index (χ0v) is 45.7. The highest BCUT2D eigenvalue weighted by Crippen LogP contribution is 2.95. The van der Waals surface area contributed by atoms with Gasteiger partial charge in [-0.1, -0.05) is 97.1 Å². The van der Waals surface area contributed by atoms with E-state index in [-0.39, 0.29) is 5.41 Å². The standard InChI is InChI=1S/C77H76N2/c1-5-13-39(14-6-1)78(40-15-7-2-8-16-40)43-25-21-37(22-26-43)77(38-23-27-44(28-24-38)79(41-17-9-3-10-18-41)42-19-11-4-12-20-42)75-61-51-35-33-49-47-31-29-45-46-30-32-48-50-34-36-52-60-58(50)65-56(48)54(46)63-53(45)55(47)64-57(49)59(51)66-68(61)69(62(52)76(75)77)67(60)74-72(65)70(63)71(64)73(66)74/h1-28,45-76H,29-36H2. The van der Waals surface area contributed by atoms with Gasteiger partial charge in [0.25, 0.3) is 0 Å².